The number of anilines is 1. The third kappa shape index (κ3) is 1.42. The van der Waals surface area contributed by atoms with E-state index in [1.165, 1.54) is 12.1 Å². The minimum absolute atomic E-state index is 0.287. The third-order valence-corrected chi connectivity index (χ3v) is 0.991. The molecule has 0 fully saturated rings. The Balaban J connectivity index is 2.94. The van der Waals surface area contributed by atoms with Crippen molar-refractivity contribution in [3.05, 3.63) is 37.1 Å². The van der Waals surface area contributed by atoms with E-state index in [1.54, 1.807) is 12.1 Å². The summed E-state index contributed by atoms with van der Waals surface area (Å²) in [6.45, 7) is 0. The summed E-state index contributed by atoms with van der Waals surface area (Å²) in [4.78, 5) is 0. The zero-order valence-electron chi connectivity index (χ0n) is 4.76. The fraction of sp³-hybridized carbons (Fsp3) is 0. The molecule has 0 aliphatic carbocycles. The second kappa shape index (κ2) is 2.49. The van der Waals surface area contributed by atoms with Crippen molar-refractivity contribution >= 4 is 5.69 Å². The predicted octanol–water partition coefficient (Wildman–Crippen LogP) is 1.91. The van der Waals surface area contributed by atoms with Crippen molar-refractivity contribution in [2.24, 2.45) is 0 Å². The molecule has 0 bridgehead atoms. The van der Waals surface area contributed by atoms with Crippen molar-refractivity contribution < 1.29 is 4.39 Å². The Labute approximate surface area is 53.5 Å². The van der Waals surface area contributed by atoms with Crippen LogP contribution in [0.25, 0.3) is 0 Å². The SMILES string of the molecule is [CH]Nc1cccc(F)c1. The summed E-state index contributed by atoms with van der Waals surface area (Å²) in [6.07, 6.45) is 0. The summed E-state index contributed by atoms with van der Waals surface area (Å²) in [5.74, 6) is -0.287. The van der Waals surface area contributed by atoms with Crippen LogP contribution in [0.15, 0.2) is 24.3 Å². The zero-order valence-corrected chi connectivity index (χ0v) is 4.76. The molecule has 0 heterocycles. The first-order chi connectivity index (χ1) is 4.33. The first-order valence-electron chi connectivity index (χ1n) is 2.55. The van der Waals surface area contributed by atoms with Gasteiger partial charge in [-0.15, -0.1) is 0 Å². The van der Waals surface area contributed by atoms with Crippen LogP contribution in [-0.4, -0.2) is 0 Å². The van der Waals surface area contributed by atoms with Crippen LogP contribution >= 0.6 is 0 Å². The van der Waals surface area contributed by atoms with Gasteiger partial charge >= 0.3 is 0 Å². The van der Waals surface area contributed by atoms with E-state index in [9.17, 15) is 4.39 Å². The topological polar surface area (TPSA) is 12.0 Å². The molecule has 9 heavy (non-hydrogen) atoms. The number of hydrogen-bond donors (Lipinski definition) is 1. The van der Waals surface area contributed by atoms with E-state index in [0.29, 0.717) is 5.69 Å². The lowest BCUT2D eigenvalue weighted by Gasteiger charge is -1.95. The number of halogens is 1. The molecule has 0 saturated carbocycles. The van der Waals surface area contributed by atoms with E-state index < -0.39 is 0 Å². The molecule has 1 nitrogen and oxygen atoms in total. The molecule has 0 spiro atoms. The Morgan fingerprint density at radius 1 is 1.44 bits per heavy atom. The smallest absolute Gasteiger partial charge is 0.125 e. The molecule has 0 amide bonds. The molecule has 0 aliphatic heterocycles. The monoisotopic (exact) mass is 123 g/mol. The molecule has 0 saturated heterocycles. The van der Waals surface area contributed by atoms with Crippen LogP contribution in [0.3, 0.4) is 0 Å². The van der Waals surface area contributed by atoms with E-state index >= 15 is 0 Å². The van der Waals surface area contributed by atoms with Crippen molar-refractivity contribution in [1.29, 1.82) is 0 Å². The lowest BCUT2D eigenvalue weighted by molar-refractivity contribution is 0.628. The van der Waals surface area contributed by atoms with Crippen LogP contribution in [0.4, 0.5) is 10.1 Å². The molecule has 0 unspecified atom stereocenters. The summed E-state index contributed by atoms with van der Waals surface area (Å²) in [7, 11) is 5.00. The number of rotatable bonds is 1. The maximum absolute atomic E-state index is 12.3. The van der Waals surface area contributed by atoms with E-state index in [-0.39, 0.29) is 5.82 Å². The van der Waals surface area contributed by atoms with Crippen molar-refractivity contribution in [3.8, 4) is 0 Å². The molecule has 0 atom stereocenters. The van der Waals surface area contributed by atoms with E-state index in [0.717, 1.165) is 0 Å². The molecule has 1 rings (SSSR count). The van der Waals surface area contributed by atoms with Crippen molar-refractivity contribution in [2.45, 2.75) is 0 Å². The van der Waals surface area contributed by atoms with Gasteiger partial charge in [-0.3, -0.25) is 0 Å². The first kappa shape index (κ1) is 6.08. The second-order valence-electron chi connectivity index (χ2n) is 1.65. The van der Waals surface area contributed by atoms with E-state index in [4.69, 9.17) is 7.05 Å². The lowest BCUT2D eigenvalue weighted by atomic mass is 10.3. The lowest BCUT2D eigenvalue weighted by Crippen LogP contribution is -1.83. The van der Waals surface area contributed by atoms with Gasteiger partial charge < -0.3 is 5.32 Å². The van der Waals surface area contributed by atoms with Gasteiger partial charge in [0.15, 0.2) is 0 Å². The minimum atomic E-state index is -0.287. The van der Waals surface area contributed by atoms with Crippen molar-refractivity contribution in [3.63, 3.8) is 0 Å². The largest absolute Gasteiger partial charge is 0.378 e. The third-order valence-electron chi connectivity index (χ3n) is 0.991. The first-order valence-corrected chi connectivity index (χ1v) is 2.55. The van der Waals surface area contributed by atoms with Gasteiger partial charge in [0, 0.05) is 5.69 Å². The number of benzene rings is 1. The molecule has 2 radical (unpaired) electrons. The van der Waals surface area contributed by atoms with Gasteiger partial charge in [0.1, 0.15) is 5.82 Å². The molecule has 0 aromatic heterocycles. The summed E-state index contributed by atoms with van der Waals surface area (Å²) >= 11 is 0. The highest BCUT2D eigenvalue weighted by atomic mass is 19.1. The summed E-state index contributed by atoms with van der Waals surface area (Å²) in [6, 6.07) is 5.95. The highest BCUT2D eigenvalue weighted by Gasteiger charge is 1.88. The van der Waals surface area contributed by atoms with E-state index in [1.807, 2.05) is 0 Å². The van der Waals surface area contributed by atoms with Crippen LogP contribution in [0.5, 0.6) is 0 Å². The highest BCUT2D eigenvalue weighted by molar-refractivity contribution is 5.42. The Morgan fingerprint density at radius 3 is 2.67 bits per heavy atom. The number of nitrogens with one attached hydrogen (secondary N) is 1. The Bertz CT molecular complexity index is 198. The van der Waals surface area contributed by atoms with Gasteiger partial charge in [0.25, 0.3) is 0 Å². The number of hydrogen-bond acceptors (Lipinski definition) is 1. The van der Waals surface area contributed by atoms with Crippen molar-refractivity contribution in [1.82, 2.24) is 0 Å². The molecular weight excluding hydrogens is 117 g/mol. The average molecular weight is 123 g/mol. The standard InChI is InChI=1S/C7H6FN/c1-9-7-4-2-3-6(8)5-7/h1-5,9H. The summed E-state index contributed by atoms with van der Waals surface area (Å²) in [5.41, 5.74) is 0.579. The Kier molecular flexibility index (Phi) is 1.68. The van der Waals surface area contributed by atoms with Crippen LogP contribution < -0.4 is 5.32 Å². The maximum Gasteiger partial charge on any atom is 0.125 e. The normalized spacial score (nSPS) is 9.11. The van der Waals surface area contributed by atoms with E-state index in [2.05, 4.69) is 5.32 Å². The van der Waals surface area contributed by atoms with Gasteiger partial charge in [0.05, 0.1) is 7.05 Å². The van der Waals surface area contributed by atoms with Crippen molar-refractivity contribution in [2.75, 3.05) is 5.32 Å². The fourth-order valence-electron chi connectivity index (χ4n) is 0.578. The molecule has 46 valence electrons. The molecule has 0 aliphatic rings. The van der Waals surface area contributed by atoms with Gasteiger partial charge in [0.2, 0.25) is 0 Å². The van der Waals surface area contributed by atoms with Crippen LogP contribution in [0.1, 0.15) is 0 Å². The fourth-order valence-corrected chi connectivity index (χ4v) is 0.578. The van der Waals surface area contributed by atoms with Gasteiger partial charge in [-0.1, -0.05) is 6.07 Å². The predicted molar refractivity (Wildman–Crippen MR) is 34.3 cm³/mol. The van der Waals surface area contributed by atoms with Gasteiger partial charge in [-0.25, -0.2) is 4.39 Å². The van der Waals surface area contributed by atoms with Gasteiger partial charge in [-0.05, 0) is 18.2 Å². The Hall–Kier alpha value is -1.05. The van der Waals surface area contributed by atoms with Crippen LogP contribution in [0, 0.1) is 12.9 Å². The quantitative estimate of drug-likeness (QED) is 0.562. The summed E-state index contributed by atoms with van der Waals surface area (Å²) in [5, 5.41) is 2.33. The average Bonchev–Trinajstić information content (AvgIpc) is 1.88. The molecule has 1 N–H and O–H groups in total. The second-order valence-corrected chi connectivity index (χ2v) is 1.65. The zero-order chi connectivity index (χ0) is 6.69. The molecule has 1 aromatic rings. The summed E-state index contributed by atoms with van der Waals surface area (Å²) < 4.78 is 12.3. The molecule has 1 aromatic carbocycles. The maximum atomic E-state index is 12.3. The van der Waals surface area contributed by atoms with Crippen LogP contribution in [-0.2, 0) is 0 Å². The molecule has 2 heteroatoms. The van der Waals surface area contributed by atoms with Crippen LogP contribution in [0.2, 0.25) is 0 Å². The Morgan fingerprint density at radius 2 is 2.22 bits per heavy atom. The highest BCUT2D eigenvalue weighted by Crippen LogP contribution is 2.07. The van der Waals surface area contributed by atoms with Gasteiger partial charge in [-0.2, -0.15) is 0 Å². The minimum Gasteiger partial charge on any atom is -0.378 e. The molecular formula is C7H6FN.